The molecule has 2 aromatic rings. The summed E-state index contributed by atoms with van der Waals surface area (Å²) in [6, 6.07) is 3.70. The molecule has 4 nitrogen and oxygen atoms in total. The number of hydrogen-bond donors (Lipinski definition) is 1. The van der Waals surface area contributed by atoms with E-state index in [4.69, 9.17) is 27.9 Å². The number of halogens is 3. The van der Waals surface area contributed by atoms with Crippen LogP contribution in [0.5, 0.6) is 0 Å². The van der Waals surface area contributed by atoms with Crippen LogP contribution in [0.15, 0.2) is 29.0 Å². The highest BCUT2D eigenvalue weighted by Gasteiger charge is 2.10. The molecule has 2 rings (SSSR count). The van der Waals surface area contributed by atoms with Gasteiger partial charge >= 0.3 is 0 Å². The van der Waals surface area contributed by atoms with Gasteiger partial charge in [0, 0.05) is 36.6 Å². The van der Waals surface area contributed by atoms with Crippen LogP contribution < -0.4 is 5.32 Å². The Morgan fingerprint density at radius 2 is 2.14 bits per heavy atom. The second kappa shape index (κ2) is 8.03. The van der Waals surface area contributed by atoms with Crippen molar-refractivity contribution in [3.05, 3.63) is 39.0 Å². The third-order valence-electron chi connectivity index (χ3n) is 2.89. The van der Waals surface area contributed by atoms with E-state index in [2.05, 4.69) is 26.2 Å². The number of benzene rings is 1. The molecule has 0 amide bonds. The van der Waals surface area contributed by atoms with E-state index in [1.807, 2.05) is 29.8 Å². The Labute approximate surface area is 142 Å². The zero-order valence-corrected chi connectivity index (χ0v) is 14.7. The number of hydrogen-bond acceptors (Lipinski definition) is 3. The van der Waals surface area contributed by atoms with E-state index in [-0.39, 0.29) is 0 Å². The van der Waals surface area contributed by atoms with Crippen LogP contribution in [-0.2, 0) is 11.3 Å². The molecule has 7 heteroatoms. The molecule has 0 bridgehead atoms. The zero-order chi connectivity index (χ0) is 15.2. The molecule has 0 radical (unpaired) electrons. The van der Waals surface area contributed by atoms with Crippen LogP contribution in [0.3, 0.4) is 0 Å². The first kappa shape index (κ1) is 16.6. The van der Waals surface area contributed by atoms with Crippen molar-refractivity contribution in [1.82, 2.24) is 9.55 Å². The Morgan fingerprint density at radius 3 is 2.90 bits per heavy atom. The summed E-state index contributed by atoms with van der Waals surface area (Å²) in [6.07, 6.45) is 4.59. The molecule has 1 N–H and O–H groups in total. The summed E-state index contributed by atoms with van der Waals surface area (Å²) in [4.78, 5) is 4.30. The smallest absolute Gasteiger partial charge is 0.207 e. The Bertz CT molecular complexity index is 604. The van der Waals surface area contributed by atoms with Crippen LogP contribution in [0.25, 0.3) is 0 Å². The predicted octanol–water partition coefficient (Wildman–Crippen LogP) is 5.12. The summed E-state index contributed by atoms with van der Waals surface area (Å²) < 4.78 is 8.12. The molecule has 21 heavy (non-hydrogen) atoms. The number of rotatable bonds is 7. The van der Waals surface area contributed by atoms with Gasteiger partial charge in [0.1, 0.15) is 0 Å². The Morgan fingerprint density at radius 1 is 1.33 bits per heavy atom. The maximum atomic E-state index is 6.23. The molecule has 114 valence electrons. The zero-order valence-electron chi connectivity index (χ0n) is 11.6. The number of imidazole rings is 1. The van der Waals surface area contributed by atoms with Gasteiger partial charge in [0.25, 0.3) is 0 Å². The molecule has 0 aliphatic rings. The summed E-state index contributed by atoms with van der Waals surface area (Å²) in [5.74, 6) is 0.729. The van der Waals surface area contributed by atoms with Crippen LogP contribution in [0, 0.1) is 0 Å². The first-order valence-corrected chi connectivity index (χ1v) is 8.17. The van der Waals surface area contributed by atoms with Crippen molar-refractivity contribution < 1.29 is 4.74 Å². The van der Waals surface area contributed by atoms with E-state index in [0.717, 1.165) is 42.3 Å². The van der Waals surface area contributed by atoms with Crippen molar-refractivity contribution in [3.63, 3.8) is 0 Å². The van der Waals surface area contributed by atoms with Crippen LogP contribution in [0.4, 0.5) is 11.6 Å². The summed E-state index contributed by atoms with van der Waals surface area (Å²) in [6.45, 7) is 4.29. The molecule has 0 aliphatic carbocycles. The first-order valence-electron chi connectivity index (χ1n) is 6.63. The van der Waals surface area contributed by atoms with Crippen molar-refractivity contribution in [2.75, 3.05) is 18.5 Å². The fourth-order valence-electron chi connectivity index (χ4n) is 1.84. The van der Waals surface area contributed by atoms with E-state index in [1.54, 1.807) is 6.20 Å². The highest BCUT2D eigenvalue weighted by Crippen LogP contribution is 2.36. The van der Waals surface area contributed by atoms with Gasteiger partial charge < -0.3 is 14.6 Å². The lowest BCUT2D eigenvalue weighted by atomic mass is 10.3. The molecule has 0 fully saturated rings. The molecule has 1 aromatic heterocycles. The van der Waals surface area contributed by atoms with Crippen LogP contribution in [-0.4, -0.2) is 22.8 Å². The van der Waals surface area contributed by atoms with Crippen molar-refractivity contribution in [2.45, 2.75) is 19.9 Å². The fraction of sp³-hybridized carbons (Fsp3) is 0.357. The second-order valence-electron chi connectivity index (χ2n) is 4.34. The monoisotopic (exact) mass is 391 g/mol. The lowest BCUT2D eigenvalue weighted by molar-refractivity contribution is 0.142. The average Bonchev–Trinajstić information content (AvgIpc) is 2.91. The molecule has 0 aliphatic heterocycles. The van der Waals surface area contributed by atoms with E-state index in [0.29, 0.717) is 10.0 Å². The lowest BCUT2D eigenvalue weighted by Gasteiger charge is -2.12. The molecule has 0 atom stereocenters. The van der Waals surface area contributed by atoms with Gasteiger partial charge in [0.05, 0.1) is 15.7 Å². The summed E-state index contributed by atoms with van der Waals surface area (Å²) in [7, 11) is 0. The first-order chi connectivity index (χ1) is 10.1. The normalized spacial score (nSPS) is 10.9. The van der Waals surface area contributed by atoms with E-state index >= 15 is 0 Å². The predicted molar refractivity (Wildman–Crippen MR) is 90.8 cm³/mol. The maximum Gasteiger partial charge on any atom is 0.207 e. The molecule has 0 spiro atoms. The standard InChI is InChI=1S/C14H16BrCl2N3O/c1-2-21-9-3-7-20-8-6-18-14(20)19-11-5-4-10(15)12(16)13(11)17/h4-6,8H,2-3,7,9H2,1H3,(H,18,19). The van der Waals surface area contributed by atoms with Gasteiger partial charge in [-0.2, -0.15) is 0 Å². The molecule has 1 aromatic carbocycles. The van der Waals surface area contributed by atoms with Gasteiger partial charge in [0.2, 0.25) is 5.95 Å². The van der Waals surface area contributed by atoms with Crippen molar-refractivity contribution in [3.8, 4) is 0 Å². The van der Waals surface area contributed by atoms with Crippen LogP contribution in [0.2, 0.25) is 10.0 Å². The summed E-state index contributed by atoms with van der Waals surface area (Å²) in [5.41, 5.74) is 0.724. The Balaban J connectivity index is 2.07. The lowest BCUT2D eigenvalue weighted by Crippen LogP contribution is -2.06. The topological polar surface area (TPSA) is 39.1 Å². The molecule has 0 saturated carbocycles. The second-order valence-corrected chi connectivity index (χ2v) is 5.95. The van der Waals surface area contributed by atoms with Gasteiger partial charge in [-0.3, -0.25) is 0 Å². The molecule has 1 heterocycles. The molecule has 0 saturated heterocycles. The summed E-state index contributed by atoms with van der Waals surface area (Å²) in [5, 5.41) is 4.15. The minimum absolute atomic E-state index is 0.468. The van der Waals surface area contributed by atoms with E-state index < -0.39 is 0 Å². The number of ether oxygens (including phenoxy) is 1. The van der Waals surface area contributed by atoms with Crippen molar-refractivity contribution in [2.24, 2.45) is 0 Å². The molecular weight excluding hydrogens is 377 g/mol. The molecule has 0 unspecified atom stereocenters. The Hall–Kier alpha value is -0.750. The maximum absolute atomic E-state index is 6.23. The quantitative estimate of drug-likeness (QED) is 0.524. The minimum Gasteiger partial charge on any atom is -0.382 e. The average molecular weight is 393 g/mol. The number of nitrogens with one attached hydrogen (secondary N) is 1. The minimum atomic E-state index is 0.468. The fourth-order valence-corrected chi connectivity index (χ4v) is 2.66. The van der Waals surface area contributed by atoms with Gasteiger partial charge in [-0.05, 0) is 41.4 Å². The number of aromatic nitrogens is 2. The number of nitrogens with zero attached hydrogens (tertiary/aromatic N) is 2. The SMILES string of the molecule is CCOCCCn1ccnc1Nc1ccc(Br)c(Cl)c1Cl. The third-order valence-corrected chi connectivity index (χ3v) is 4.66. The van der Waals surface area contributed by atoms with E-state index in [9.17, 15) is 0 Å². The van der Waals surface area contributed by atoms with Crippen LogP contribution >= 0.6 is 39.1 Å². The highest BCUT2D eigenvalue weighted by atomic mass is 79.9. The van der Waals surface area contributed by atoms with E-state index in [1.165, 1.54) is 0 Å². The van der Waals surface area contributed by atoms with Gasteiger partial charge in [-0.25, -0.2) is 4.98 Å². The number of anilines is 2. The van der Waals surface area contributed by atoms with Gasteiger partial charge in [0.15, 0.2) is 0 Å². The van der Waals surface area contributed by atoms with Crippen LogP contribution in [0.1, 0.15) is 13.3 Å². The highest BCUT2D eigenvalue weighted by molar-refractivity contribution is 9.10. The molecular formula is C14H16BrCl2N3O. The van der Waals surface area contributed by atoms with Gasteiger partial charge in [-0.1, -0.05) is 23.2 Å². The largest absolute Gasteiger partial charge is 0.382 e. The number of aryl methyl sites for hydroxylation is 1. The van der Waals surface area contributed by atoms with Crippen molar-refractivity contribution in [1.29, 1.82) is 0 Å². The van der Waals surface area contributed by atoms with Gasteiger partial charge in [-0.15, -0.1) is 0 Å². The Kier molecular flexibility index (Phi) is 6.36. The third kappa shape index (κ3) is 4.36. The summed E-state index contributed by atoms with van der Waals surface area (Å²) >= 11 is 15.7. The van der Waals surface area contributed by atoms with Crippen molar-refractivity contribution >= 4 is 50.8 Å².